The SMILES string of the molecule is N#CCC(=O)O.Nc1n[nH]c(=O)c2c1c(-c1ccc(Oc3ccccc3)cc1)nn2[C@@H]1CCCNC1.O=CC1CC1.[C-]#[N+]C(=CC1CC1)C(=O)N1CCC[C@@H](n2nc(-c3ccc(Oc4ccccc4)cc3)c3c(N)n[nH]c(=O)c32)C1.[C-]#[N+]CC(=O)N1CCC[C@@H](n2nc(-c3ccc(Oc4ccccc4)cc3)c3c(N)n[nH]c(=O)c32)C1. The normalized spacial score (nSPS) is 16.4. The van der Waals surface area contributed by atoms with Crippen LogP contribution >= 0.6 is 0 Å². The Labute approximate surface area is 657 Å². The van der Waals surface area contributed by atoms with E-state index in [9.17, 15) is 33.6 Å². The summed E-state index contributed by atoms with van der Waals surface area (Å²) in [7, 11) is 0. The second kappa shape index (κ2) is 36.5. The highest BCUT2D eigenvalue weighted by molar-refractivity contribution is 6.02. The van der Waals surface area contributed by atoms with Gasteiger partial charge in [-0.25, -0.2) is 26.7 Å². The summed E-state index contributed by atoms with van der Waals surface area (Å²) in [5, 5.41) is 54.0. The molecular weight excluding hydrogens is 1470 g/mol. The van der Waals surface area contributed by atoms with Crippen LogP contribution in [-0.2, 0) is 19.2 Å². The molecule has 0 bridgehead atoms. The van der Waals surface area contributed by atoms with Crippen molar-refractivity contribution in [2.45, 2.75) is 88.8 Å². The molecule has 115 heavy (non-hydrogen) atoms. The van der Waals surface area contributed by atoms with E-state index in [-0.39, 0.29) is 65.2 Å². The zero-order valence-corrected chi connectivity index (χ0v) is 62.4. The minimum absolute atomic E-state index is 0.0959. The summed E-state index contributed by atoms with van der Waals surface area (Å²) in [4.78, 5) is 93.0. The topological polar surface area (TPSA) is 436 Å². The third kappa shape index (κ3) is 19.1. The van der Waals surface area contributed by atoms with Gasteiger partial charge in [0.1, 0.15) is 80.8 Å². The van der Waals surface area contributed by atoms with Gasteiger partial charge in [0.25, 0.3) is 29.1 Å². The molecule has 584 valence electrons. The number of carboxylic acid groups (broad SMARTS) is 1. The average molecular weight is 1550 g/mol. The lowest BCUT2D eigenvalue weighted by molar-refractivity contribution is -0.136. The number of nitriles is 1. The average Bonchev–Trinajstić information content (AvgIpc) is 1.62. The number of aromatic nitrogens is 12. The van der Waals surface area contributed by atoms with Crippen molar-refractivity contribution in [2.75, 3.05) is 63.0 Å². The number of carboxylic acids is 1. The Morgan fingerprint density at radius 3 is 1.23 bits per heavy atom. The van der Waals surface area contributed by atoms with Crippen LogP contribution in [0.3, 0.4) is 0 Å². The number of nitrogens with one attached hydrogen (secondary N) is 4. The van der Waals surface area contributed by atoms with Crippen molar-refractivity contribution < 1.29 is 38.5 Å². The molecule has 32 heteroatoms. The molecule has 3 saturated heterocycles. The highest BCUT2D eigenvalue weighted by Gasteiger charge is 2.34. The molecule has 32 nitrogen and oxygen atoms in total. The van der Waals surface area contributed by atoms with Gasteiger partial charge in [0.15, 0.2) is 17.5 Å². The first-order valence-corrected chi connectivity index (χ1v) is 37.5. The molecule has 3 aliphatic heterocycles. The van der Waals surface area contributed by atoms with Crippen LogP contribution < -0.4 is 53.4 Å². The van der Waals surface area contributed by atoms with Gasteiger partial charge in [-0.05, 0) is 186 Å². The third-order valence-corrected chi connectivity index (χ3v) is 19.7. The molecule has 0 spiro atoms. The fraction of sp³-hybridized carbons (Fsp3) is 0.277. The van der Waals surface area contributed by atoms with E-state index >= 15 is 0 Å². The molecule has 6 aromatic heterocycles. The number of fused-ring (bicyclic) bond motifs is 3. The van der Waals surface area contributed by atoms with E-state index < -0.39 is 23.5 Å². The zero-order valence-electron chi connectivity index (χ0n) is 62.4. The largest absolute Gasteiger partial charge is 0.480 e. The Balaban J connectivity index is 0.000000141. The van der Waals surface area contributed by atoms with E-state index in [0.29, 0.717) is 105 Å². The van der Waals surface area contributed by atoms with E-state index in [4.69, 9.17) is 70.2 Å². The molecule has 6 aromatic carbocycles. The van der Waals surface area contributed by atoms with Crippen LogP contribution in [0.25, 0.3) is 76.2 Å². The highest BCUT2D eigenvalue weighted by Crippen LogP contribution is 2.40. The first-order valence-electron chi connectivity index (χ1n) is 37.5. The molecule has 17 rings (SSSR count). The summed E-state index contributed by atoms with van der Waals surface area (Å²) in [6.45, 7) is 17.9. The quantitative estimate of drug-likeness (QED) is 0.0238. The van der Waals surface area contributed by atoms with E-state index in [2.05, 4.69) is 45.6 Å². The lowest BCUT2D eigenvalue weighted by Gasteiger charge is -2.33. The molecule has 5 aliphatic rings. The number of likely N-dealkylation sites (tertiary alicyclic amines) is 2. The number of carbonyl (C=O) groups is 4. The number of aldehydes is 1. The third-order valence-electron chi connectivity index (χ3n) is 19.7. The molecule has 2 amide bonds. The number of amides is 2. The molecule has 11 N–H and O–H groups in total. The molecular formula is C83H81N21O11. The number of para-hydroxylation sites is 3. The Kier molecular flexibility index (Phi) is 24.9. The smallest absolute Gasteiger partial charge is 0.317 e. The number of piperidine rings is 3. The molecule has 0 radical (unpaired) electrons. The number of allylic oxidation sites excluding steroid dienone is 1. The van der Waals surface area contributed by atoms with Crippen LogP contribution in [0.5, 0.6) is 34.5 Å². The van der Waals surface area contributed by atoms with Crippen molar-refractivity contribution in [3.05, 3.63) is 229 Å². The number of nitrogens with zero attached hydrogens (tertiary/aromatic N) is 14. The Morgan fingerprint density at radius 1 is 0.522 bits per heavy atom. The first-order chi connectivity index (χ1) is 56.0. The summed E-state index contributed by atoms with van der Waals surface area (Å²) in [6.07, 6.45) is 11.7. The molecule has 12 aromatic rings. The lowest BCUT2D eigenvalue weighted by Crippen LogP contribution is -2.42. The summed E-state index contributed by atoms with van der Waals surface area (Å²) < 4.78 is 22.8. The van der Waals surface area contributed by atoms with Gasteiger partial charge in [0.2, 0.25) is 5.70 Å². The fourth-order valence-electron chi connectivity index (χ4n) is 13.7. The zero-order chi connectivity index (χ0) is 80.5. The minimum atomic E-state index is -1.07. The number of aliphatic carboxylic acids is 1. The molecule has 9 heterocycles. The Morgan fingerprint density at radius 2 is 0.896 bits per heavy atom. The van der Waals surface area contributed by atoms with Gasteiger partial charge in [0, 0.05) is 55.3 Å². The number of ether oxygens (including phenoxy) is 3. The van der Waals surface area contributed by atoms with Crippen molar-refractivity contribution >= 4 is 74.2 Å². The number of hydrogen-bond donors (Lipinski definition) is 8. The van der Waals surface area contributed by atoms with Crippen LogP contribution in [0.2, 0.25) is 0 Å². The number of rotatable bonds is 17. The molecule has 2 aliphatic carbocycles. The summed E-state index contributed by atoms with van der Waals surface area (Å²) in [5.41, 5.74) is 22.9. The maximum atomic E-state index is 13.1. The summed E-state index contributed by atoms with van der Waals surface area (Å²) in [6, 6.07) is 52.0. The van der Waals surface area contributed by atoms with Crippen LogP contribution in [0.15, 0.2) is 190 Å². The van der Waals surface area contributed by atoms with Crippen molar-refractivity contribution in [1.29, 1.82) is 5.26 Å². The highest BCUT2D eigenvalue weighted by atomic mass is 16.5. The summed E-state index contributed by atoms with van der Waals surface area (Å²) >= 11 is 0. The minimum Gasteiger partial charge on any atom is -0.480 e. The van der Waals surface area contributed by atoms with Gasteiger partial charge >= 0.3 is 11.9 Å². The number of aromatic amines is 3. The molecule has 3 atom stereocenters. The second-order valence-electron chi connectivity index (χ2n) is 27.9. The van der Waals surface area contributed by atoms with Gasteiger partial charge in [-0.3, -0.25) is 42.8 Å². The number of H-pyrrole nitrogens is 3. The molecule has 2 saturated carbocycles. The maximum Gasteiger partial charge on any atom is 0.317 e. The van der Waals surface area contributed by atoms with Crippen LogP contribution in [0.4, 0.5) is 17.5 Å². The monoisotopic (exact) mass is 1550 g/mol. The van der Waals surface area contributed by atoms with E-state index in [0.717, 1.165) is 118 Å². The van der Waals surface area contributed by atoms with E-state index in [1.165, 1.54) is 6.07 Å². The standard InChI is InChI=1S/C29H27N7O3.C25H23N7O3.C22H22N6O2.C4H6O.C3H3NO2/c1-31-23(16-18-9-10-18)29(38)35-15-5-6-20(17-35)36-26-24(27(30)32-33-28(26)37)25(34-36)19-11-13-22(14-12-19)39-21-7-3-2-4-8-21;1-27-14-20(33)31-13-5-6-17(15-31)32-23-21(24(26)28-29-25(23)34)22(30-32)16-9-11-19(12-10-16)35-18-7-3-2-4-8-18;23-21-18-19(14-8-10-17(11-9-14)30-16-6-2-1-3-7-16)27-28(15-5-4-12-24-13-15)20(18)22(29)26-25-21;5-3-4-1-2-4;4-2-1-3(5)6/h2-4,7-8,11-14,16,18,20H,5-6,9-10,15,17H2,(H2,30,32)(H,33,37);2-4,7-12,17H,5-6,13-15H2,(H2,26,28)(H,29,34);1-3,6-11,15,24H,4-5,12-13H2,(H2,23,25)(H,26,29);3-4H,1-2H2;1H2,(H,5,6)/t20-;17-;15-;;/m111../s1. The fourth-order valence-corrected chi connectivity index (χ4v) is 13.7. The Bertz CT molecular complexity index is 5830. The predicted octanol–water partition coefficient (Wildman–Crippen LogP) is 11.4. The van der Waals surface area contributed by atoms with Gasteiger partial charge < -0.3 is 61.3 Å². The van der Waals surface area contributed by atoms with E-state index in [1.54, 1.807) is 25.2 Å². The van der Waals surface area contributed by atoms with E-state index in [1.807, 2.05) is 168 Å². The molecule has 5 fully saturated rings. The van der Waals surface area contributed by atoms with Crippen molar-refractivity contribution in [2.24, 2.45) is 11.8 Å². The number of nitrogens with two attached hydrogens (primary N) is 3. The van der Waals surface area contributed by atoms with Gasteiger partial charge in [0.05, 0.1) is 46.9 Å². The van der Waals surface area contributed by atoms with Crippen LogP contribution in [0.1, 0.15) is 88.8 Å². The maximum absolute atomic E-state index is 13.1. The summed E-state index contributed by atoms with van der Waals surface area (Å²) in [5.74, 6) is 4.09. The van der Waals surface area contributed by atoms with Gasteiger partial charge in [-0.1, -0.05) is 60.7 Å². The number of benzene rings is 6. The lowest BCUT2D eigenvalue weighted by atomic mass is 10.0. The predicted molar refractivity (Wildman–Crippen MR) is 430 cm³/mol. The second-order valence-corrected chi connectivity index (χ2v) is 27.9. The molecule has 0 unspecified atom stereocenters. The van der Waals surface area contributed by atoms with Crippen molar-refractivity contribution in [1.82, 2.24) is 75.1 Å². The van der Waals surface area contributed by atoms with Crippen LogP contribution in [-0.4, -0.2) is 145 Å². The van der Waals surface area contributed by atoms with Gasteiger partial charge in [-0.15, -0.1) is 0 Å². The number of nitrogen functional groups attached to an aromatic ring is 3. The van der Waals surface area contributed by atoms with Crippen LogP contribution in [0, 0.1) is 36.3 Å². The van der Waals surface area contributed by atoms with Crippen molar-refractivity contribution in [3.8, 4) is 74.3 Å². The Hall–Kier alpha value is -14.6. The van der Waals surface area contributed by atoms with Crippen molar-refractivity contribution in [3.63, 3.8) is 0 Å². The number of anilines is 3. The first kappa shape index (κ1) is 78.5. The number of hydrogen-bond acceptors (Lipinski definition) is 21. The number of carbonyl (C=O) groups excluding carboxylic acids is 3. The van der Waals surface area contributed by atoms with Gasteiger partial charge in [-0.2, -0.15) is 35.9 Å².